The Morgan fingerprint density at radius 1 is 1.50 bits per heavy atom. The van der Waals surface area contributed by atoms with Gasteiger partial charge in [-0.15, -0.1) is 13.2 Å². The van der Waals surface area contributed by atoms with Crippen molar-refractivity contribution in [3.05, 3.63) is 21.0 Å². The zero-order chi connectivity index (χ0) is 15.3. The number of nitrogens with two attached hydrogens (primary N) is 1. The Hall–Kier alpha value is -1.10. The van der Waals surface area contributed by atoms with Gasteiger partial charge < -0.3 is 15.2 Å². The molecule has 1 heterocycles. The molecule has 0 aliphatic carbocycles. The highest BCUT2D eigenvalue weighted by atomic mass is 127. The fourth-order valence-electron chi connectivity index (χ4n) is 1.50. The standard InChI is InChI=1S/C11H12F3IN2O3/c1-2-19-10(18)3-7-6(5-16)8(4-9(15)17-7)20-11(12,13)14/h4H,2-3,5,16H2,1H3. The fourth-order valence-corrected chi connectivity index (χ4v) is 2.07. The minimum absolute atomic E-state index is 0.0378. The third-order valence-electron chi connectivity index (χ3n) is 2.18. The van der Waals surface area contributed by atoms with Crippen molar-refractivity contribution in [3.8, 4) is 5.75 Å². The number of hydrogen-bond acceptors (Lipinski definition) is 5. The lowest BCUT2D eigenvalue weighted by atomic mass is 10.1. The van der Waals surface area contributed by atoms with E-state index >= 15 is 0 Å². The summed E-state index contributed by atoms with van der Waals surface area (Å²) < 4.78 is 45.9. The quantitative estimate of drug-likeness (QED) is 0.463. The number of halogens is 4. The second-order valence-electron chi connectivity index (χ2n) is 3.60. The molecule has 0 aliphatic heterocycles. The molecule has 0 aromatic carbocycles. The van der Waals surface area contributed by atoms with Crippen molar-refractivity contribution >= 4 is 28.6 Å². The Morgan fingerprint density at radius 3 is 2.65 bits per heavy atom. The molecule has 5 nitrogen and oxygen atoms in total. The monoisotopic (exact) mass is 404 g/mol. The molecule has 2 N–H and O–H groups in total. The molecule has 112 valence electrons. The first kappa shape index (κ1) is 17.0. The average molecular weight is 404 g/mol. The van der Waals surface area contributed by atoms with Crippen LogP contribution in [-0.2, 0) is 22.5 Å². The molecule has 0 saturated carbocycles. The molecular formula is C11H12F3IN2O3. The van der Waals surface area contributed by atoms with Crippen molar-refractivity contribution in [3.63, 3.8) is 0 Å². The first-order chi connectivity index (χ1) is 9.26. The number of carbonyl (C=O) groups is 1. The third kappa shape index (κ3) is 5.12. The zero-order valence-corrected chi connectivity index (χ0v) is 12.6. The molecule has 0 radical (unpaired) electrons. The van der Waals surface area contributed by atoms with Crippen LogP contribution in [0.2, 0.25) is 0 Å². The van der Waals surface area contributed by atoms with E-state index in [-0.39, 0.29) is 34.5 Å². The summed E-state index contributed by atoms with van der Waals surface area (Å²) in [5.41, 5.74) is 5.59. The minimum atomic E-state index is -4.84. The van der Waals surface area contributed by atoms with Crippen LogP contribution in [-0.4, -0.2) is 23.9 Å². The number of alkyl halides is 3. The normalized spacial score (nSPS) is 11.3. The van der Waals surface area contributed by atoms with Crippen molar-refractivity contribution in [1.29, 1.82) is 0 Å². The lowest BCUT2D eigenvalue weighted by Gasteiger charge is -2.15. The topological polar surface area (TPSA) is 74.4 Å². The van der Waals surface area contributed by atoms with Gasteiger partial charge in [0.05, 0.1) is 18.7 Å². The van der Waals surface area contributed by atoms with Crippen LogP contribution in [0.25, 0.3) is 0 Å². The molecule has 0 bridgehead atoms. The van der Waals surface area contributed by atoms with E-state index in [2.05, 4.69) is 9.72 Å². The average Bonchev–Trinajstić information content (AvgIpc) is 2.26. The van der Waals surface area contributed by atoms with Crippen LogP contribution in [0.1, 0.15) is 18.2 Å². The summed E-state index contributed by atoms with van der Waals surface area (Å²) in [5.74, 6) is -1.03. The second kappa shape index (κ2) is 7.07. The largest absolute Gasteiger partial charge is 0.573 e. The van der Waals surface area contributed by atoms with E-state index in [1.165, 1.54) is 0 Å². The van der Waals surface area contributed by atoms with Crippen LogP contribution >= 0.6 is 22.6 Å². The maximum Gasteiger partial charge on any atom is 0.573 e. The Bertz CT molecular complexity index is 495. The number of rotatable bonds is 5. The molecule has 1 aromatic heterocycles. The Labute approximate surface area is 126 Å². The summed E-state index contributed by atoms with van der Waals surface area (Å²) in [7, 11) is 0. The van der Waals surface area contributed by atoms with Gasteiger partial charge in [-0.25, -0.2) is 4.98 Å². The first-order valence-corrected chi connectivity index (χ1v) is 6.64. The predicted molar refractivity (Wildman–Crippen MR) is 71.9 cm³/mol. The maximum absolute atomic E-state index is 12.3. The predicted octanol–water partition coefficient (Wildman–Crippen LogP) is 2.15. The molecular weight excluding hydrogens is 392 g/mol. The minimum Gasteiger partial charge on any atom is -0.466 e. The summed E-state index contributed by atoms with van der Waals surface area (Å²) in [6, 6.07) is 1.12. The number of ether oxygens (including phenoxy) is 2. The third-order valence-corrected chi connectivity index (χ3v) is 2.74. The van der Waals surface area contributed by atoms with E-state index < -0.39 is 18.1 Å². The van der Waals surface area contributed by atoms with Gasteiger partial charge in [0.15, 0.2) is 0 Å². The highest BCUT2D eigenvalue weighted by Gasteiger charge is 2.33. The van der Waals surface area contributed by atoms with E-state index in [0.717, 1.165) is 6.07 Å². The molecule has 0 spiro atoms. The number of carbonyl (C=O) groups excluding carboxylic acids is 1. The first-order valence-electron chi connectivity index (χ1n) is 5.56. The number of hydrogen-bond donors (Lipinski definition) is 1. The van der Waals surface area contributed by atoms with Crippen molar-refractivity contribution in [2.75, 3.05) is 6.61 Å². The maximum atomic E-state index is 12.3. The number of nitrogens with zero attached hydrogens (tertiary/aromatic N) is 1. The Morgan fingerprint density at radius 2 is 2.15 bits per heavy atom. The molecule has 1 aromatic rings. The van der Waals surface area contributed by atoms with Crippen LogP contribution in [0.4, 0.5) is 13.2 Å². The molecule has 1 rings (SSSR count). The highest BCUT2D eigenvalue weighted by Crippen LogP contribution is 2.29. The molecule has 0 amide bonds. The van der Waals surface area contributed by atoms with Crippen LogP contribution in [0.5, 0.6) is 5.75 Å². The van der Waals surface area contributed by atoms with Gasteiger partial charge >= 0.3 is 12.3 Å². The summed E-state index contributed by atoms with van der Waals surface area (Å²) in [6.07, 6.45) is -5.10. The summed E-state index contributed by atoms with van der Waals surface area (Å²) >= 11 is 1.73. The van der Waals surface area contributed by atoms with Crippen LogP contribution in [0.15, 0.2) is 6.07 Å². The lowest BCUT2D eigenvalue weighted by Crippen LogP contribution is -2.21. The molecule has 0 fully saturated rings. The summed E-state index contributed by atoms with van der Waals surface area (Å²) in [4.78, 5) is 15.4. The van der Waals surface area contributed by atoms with Crippen molar-refractivity contribution in [1.82, 2.24) is 4.98 Å². The van der Waals surface area contributed by atoms with E-state index in [1.807, 2.05) is 0 Å². The molecule has 9 heteroatoms. The molecule has 0 aliphatic rings. The fraction of sp³-hybridized carbons (Fsp3) is 0.455. The van der Waals surface area contributed by atoms with E-state index in [0.29, 0.717) is 0 Å². The summed E-state index contributed by atoms with van der Waals surface area (Å²) in [6.45, 7) is 1.57. The van der Waals surface area contributed by atoms with Gasteiger partial charge in [0.1, 0.15) is 9.45 Å². The van der Waals surface area contributed by atoms with Crippen LogP contribution < -0.4 is 10.5 Å². The second-order valence-corrected chi connectivity index (χ2v) is 4.71. The van der Waals surface area contributed by atoms with Gasteiger partial charge in [-0.2, -0.15) is 0 Å². The smallest absolute Gasteiger partial charge is 0.466 e. The van der Waals surface area contributed by atoms with E-state index in [1.54, 1.807) is 29.5 Å². The van der Waals surface area contributed by atoms with Gasteiger partial charge in [-0.05, 0) is 29.5 Å². The molecule has 0 unspecified atom stereocenters. The Balaban J connectivity index is 3.13. The highest BCUT2D eigenvalue weighted by molar-refractivity contribution is 14.1. The van der Waals surface area contributed by atoms with Gasteiger partial charge in [-0.1, -0.05) is 0 Å². The molecule has 0 atom stereocenters. The molecule has 20 heavy (non-hydrogen) atoms. The number of aromatic nitrogens is 1. The van der Waals surface area contributed by atoms with Gasteiger partial charge in [0.25, 0.3) is 0 Å². The SMILES string of the molecule is CCOC(=O)Cc1nc(I)cc(OC(F)(F)F)c1CN. The summed E-state index contributed by atoms with van der Waals surface area (Å²) in [5, 5.41) is 0. The van der Waals surface area contributed by atoms with Crippen molar-refractivity contribution in [2.24, 2.45) is 5.73 Å². The lowest BCUT2D eigenvalue weighted by molar-refractivity contribution is -0.275. The van der Waals surface area contributed by atoms with Crippen molar-refractivity contribution in [2.45, 2.75) is 26.3 Å². The zero-order valence-electron chi connectivity index (χ0n) is 10.5. The van der Waals surface area contributed by atoms with Gasteiger partial charge in [0, 0.05) is 18.2 Å². The van der Waals surface area contributed by atoms with E-state index in [4.69, 9.17) is 10.5 Å². The van der Waals surface area contributed by atoms with E-state index in [9.17, 15) is 18.0 Å². The van der Waals surface area contributed by atoms with Gasteiger partial charge in [-0.3, -0.25) is 4.79 Å². The number of pyridine rings is 1. The Kier molecular flexibility index (Phi) is 5.99. The van der Waals surface area contributed by atoms with Crippen LogP contribution in [0.3, 0.4) is 0 Å². The number of esters is 1. The van der Waals surface area contributed by atoms with Crippen molar-refractivity contribution < 1.29 is 27.4 Å². The van der Waals surface area contributed by atoms with Crippen LogP contribution in [0, 0.1) is 3.70 Å². The molecule has 0 saturated heterocycles. The van der Waals surface area contributed by atoms with Gasteiger partial charge in [0.2, 0.25) is 0 Å².